The van der Waals surface area contributed by atoms with Gasteiger partial charge in [-0.25, -0.2) is 8.42 Å². The van der Waals surface area contributed by atoms with Crippen LogP contribution in [0.5, 0.6) is 0 Å². The number of hydrogen-bond acceptors (Lipinski definition) is 3. The molecule has 0 saturated heterocycles. The van der Waals surface area contributed by atoms with Crippen molar-refractivity contribution in [2.45, 2.75) is 38.6 Å². The number of carbonyl (C=O) groups excluding carboxylic acids is 1. The summed E-state index contributed by atoms with van der Waals surface area (Å²) in [5, 5.41) is 3.04. The van der Waals surface area contributed by atoms with Gasteiger partial charge in [0.15, 0.2) is 0 Å². The van der Waals surface area contributed by atoms with E-state index in [0.29, 0.717) is 18.7 Å². The van der Waals surface area contributed by atoms with E-state index in [-0.39, 0.29) is 22.8 Å². The molecule has 0 aliphatic carbocycles. The molecule has 2 aromatic carbocycles. The number of nitrogens with one attached hydrogen (secondary N) is 1. The molecule has 0 fully saturated rings. The first-order valence-electron chi connectivity index (χ1n) is 9.27. The average molecular weight is 389 g/mol. The van der Waals surface area contributed by atoms with Crippen molar-refractivity contribution in [1.29, 1.82) is 0 Å². The zero-order chi connectivity index (χ0) is 20.0. The van der Waals surface area contributed by atoms with E-state index < -0.39 is 10.0 Å². The zero-order valence-electron chi connectivity index (χ0n) is 16.3. The molecule has 0 spiro atoms. The number of amides is 1. The van der Waals surface area contributed by atoms with Crippen molar-refractivity contribution in [3.8, 4) is 0 Å². The lowest BCUT2D eigenvalue weighted by Crippen LogP contribution is -2.32. The molecule has 2 aromatic rings. The van der Waals surface area contributed by atoms with Crippen LogP contribution in [0.4, 0.5) is 0 Å². The summed E-state index contributed by atoms with van der Waals surface area (Å²) in [5.74, 6) is -0.0897. The molecule has 0 heterocycles. The summed E-state index contributed by atoms with van der Waals surface area (Å²) in [6, 6.07) is 15.8. The highest BCUT2D eigenvalue weighted by atomic mass is 32.2. The predicted octanol–water partition coefficient (Wildman–Crippen LogP) is 3.84. The molecule has 0 unspecified atom stereocenters. The maximum absolute atomic E-state index is 12.8. The van der Waals surface area contributed by atoms with E-state index in [1.165, 1.54) is 16.4 Å². The van der Waals surface area contributed by atoms with E-state index in [1.807, 2.05) is 44.2 Å². The Hall–Kier alpha value is -2.18. The number of rotatable bonds is 8. The van der Waals surface area contributed by atoms with E-state index in [1.54, 1.807) is 26.0 Å². The van der Waals surface area contributed by atoms with Crippen molar-refractivity contribution < 1.29 is 13.2 Å². The summed E-state index contributed by atoms with van der Waals surface area (Å²) in [5.41, 5.74) is 1.36. The molecular formula is C21H28N2O3S. The molecule has 0 radical (unpaired) electrons. The van der Waals surface area contributed by atoms with Gasteiger partial charge in [0.1, 0.15) is 0 Å². The standard InChI is InChI=1S/C21H28N2O3S/c1-5-23(6-2)27(25,26)19-14-10-13-18(15-19)21(24)22-20(16(3)4)17-11-8-7-9-12-17/h7-16,20H,5-6H2,1-4H3,(H,22,24)/t20-/m1/s1. The fraction of sp³-hybridized carbons (Fsp3) is 0.381. The van der Waals surface area contributed by atoms with Crippen LogP contribution >= 0.6 is 0 Å². The lowest BCUT2D eigenvalue weighted by Gasteiger charge is -2.23. The minimum atomic E-state index is -3.60. The average Bonchev–Trinajstić information content (AvgIpc) is 2.67. The number of sulfonamides is 1. The first kappa shape index (κ1) is 21.1. The Bertz CT molecular complexity index is 860. The minimum Gasteiger partial charge on any atom is -0.345 e. The maximum atomic E-state index is 12.8. The van der Waals surface area contributed by atoms with Crippen molar-refractivity contribution in [2.75, 3.05) is 13.1 Å². The topological polar surface area (TPSA) is 66.5 Å². The van der Waals surface area contributed by atoms with E-state index in [9.17, 15) is 13.2 Å². The fourth-order valence-corrected chi connectivity index (χ4v) is 4.53. The Morgan fingerprint density at radius 1 is 1.00 bits per heavy atom. The Kier molecular flexibility index (Phi) is 7.16. The van der Waals surface area contributed by atoms with E-state index in [2.05, 4.69) is 5.32 Å². The molecule has 0 aliphatic rings. The van der Waals surface area contributed by atoms with Gasteiger partial charge in [-0.2, -0.15) is 4.31 Å². The van der Waals surface area contributed by atoms with Gasteiger partial charge in [-0.3, -0.25) is 4.79 Å². The number of nitrogens with zero attached hydrogens (tertiary/aromatic N) is 1. The quantitative estimate of drug-likeness (QED) is 0.747. The van der Waals surface area contributed by atoms with Crippen molar-refractivity contribution in [3.63, 3.8) is 0 Å². The lowest BCUT2D eigenvalue weighted by atomic mass is 9.95. The second-order valence-corrected chi connectivity index (χ2v) is 8.66. The molecule has 1 N–H and O–H groups in total. The van der Waals surface area contributed by atoms with E-state index in [0.717, 1.165) is 5.56 Å². The van der Waals surface area contributed by atoms with Crippen LogP contribution in [0.15, 0.2) is 59.5 Å². The van der Waals surface area contributed by atoms with E-state index in [4.69, 9.17) is 0 Å². The summed E-state index contributed by atoms with van der Waals surface area (Å²) in [6.07, 6.45) is 0. The molecule has 0 aliphatic heterocycles. The SMILES string of the molecule is CCN(CC)S(=O)(=O)c1cccc(C(=O)N[C@@H](c2ccccc2)C(C)C)c1. The number of carbonyl (C=O) groups is 1. The first-order chi connectivity index (χ1) is 12.8. The molecule has 1 atom stereocenters. The van der Waals surface area contributed by atoms with Gasteiger partial charge in [-0.05, 0) is 29.7 Å². The highest BCUT2D eigenvalue weighted by Crippen LogP contribution is 2.23. The van der Waals surface area contributed by atoms with Crippen LogP contribution in [0.25, 0.3) is 0 Å². The summed E-state index contributed by atoms with van der Waals surface area (Å²) in [7, 11) is -3.60. The molecule has 146 valence electrons. The lowest BCUT2D eigenvalue weighted by molar-refractivity contribution is 0.0925. The normalized spacial score (nSPS) is 13.0. The third-order valence-electron chi connectivity index (χ3n) is 4.55. The minimum absolute atomic E-state index is 0.139. The highest BCUT2D eigenvalue weighted by molar-refractivity contribution is 7.89. The molecule has 27 heavy (non-hydrogen) atoms. The van der Waals surface area contributed by atoms with Crippen molar-refractivity contribution in [2.24, 2.45) is 5.92 Å². The van der Waals surface area contributed by atoms with Gasteiger partial charge in [0, 0.05) is 18.7 Å². The zero-order valence-corrected chi connectivity index (χ0v) is 17.2. The summed E-state index contributed by atoms with van der Waals surface area (Å²) >= 11 is 0. The second kappa shape index (κ2) is 9.15. The van der Waals surface area contributed by atoms with Crippen molar-refractivity contribution in [1.82, 2.24) is 9.62 Å². The van der Waals surface area contributed by atoms with Crippen LogP contribution in [0.2, 0.25) is 0 Å². The van der Waals surface area contributed by atoms with Gasteiger partial charge in [0.2, 0.25) is 10.0 Å². The third-order valence-corrected chi connectivity index (χ3v) is 6.60. The molecule has 1 amide bonds. The maximum Gasteiger partial charge on any atom is 0.251 e. The monoisotopic (exact) mass is 388 g/mol. The van der Waals surface area contributed by atoms with Crippen LogP contribution in [0, 0.1) is 5.92 Å². The number of benzene rings is 2. The third kappa shape index (κ3) is 4.96. The van der Waals surface area contributed by atoms with Crippen molar-refractivity contribution in [3.05, 3.63) is 65.7 Å². The Morgan fingerprint density at radius 2 is 1.63 bits per heavy atom. The van der Waals surface area contributed by atoms with Gasteiger partial charge in [0.25, 0.3) is 5.91 Å². The van der Waals surface area contributed by atoms with E-state index >= 15 is 0 Å². The number of hydrogen-bond donors (Lipinski definition) is 1. The van der Waals surface area contributed by atoms with Gasteiger partial charge in [0.05, 0.1) is 10.9 Å². The molecule has 5 nitrogen and oxygen atoms in total. The Morgan fingerprint density at radius 3 is 2.19 bits per heavy atom. The Balaban J connectivity index is 2.29. The van der Waals surface area contributed by atoms with Gasteiger partial charge in [-0.1, -0.05) is 64.1 Å². The predicted molar refractivity (Wildman–Crippen MR) is 108 cm³/mol. The van der Waals surface area contributed by atoms with Crippen LogP contribution in [-0.4, -0.2) is 31.7 Å². The van der Waals surface area contributed by atoms with Crippen LogP contribution in [0.3, 0.4) is 0 Å². The smallest absolute Gasteiger partial charge is 0.251 e. The van der Waals surface area contributed by atoms with Gasteiger partial charge < -0.3 is 5.32 Å². The largest absolute Gasteiger partial charge is 0.345 e. The van der Waals surface area contributed by atoms with Crippen LogP contribution < -0.4 is 5.32 Å². The Labute approximate surface area is 162 Å². The molecule has 0 saturated carbocycles. The fourth-order valence-electron chi connectivity index (χ4n) is 3.03. The summed E-state index contributed by atoms with van der Waals surface area (Å²) in [4.78, 5) is 12.9. The summed E-state index contributed by atoms with van der Waals surface area (Å²) < 4.78 is 26.8. The van der Waals surface area contributed by atoms with Crippen molar-refractivity contribution >= 4 is 15.9 Å². The molecule has 6 heteroatoms. The molecular weight excluding hydrogens is 360 g/mol. The molecule has 2 rings (SSSR count). The second-order valence-electron chi connectivity index (χ2n) is 6.72. The first-order valence-corrected chi connectivity index (χ1v) is 10.7. The van der Waals surface area contributed by atoms with Crippen LogP contribution in [0.1, 0.15) is 49.7 Å². The van der Waals surface area contributed by atoms with Gasteiger partial charge in [-0.15, -0.1) is 0 Å². The molecule has 0 aromatic heterocycles. The molecule has 0 bridgehead atoms. The van der Waals surface area contributed by atoms with Gasteiger partial charge >= 0.3 is 0 Å². The summed E-state index contributed by atoms with van der Waals surface area (Å²) in [6.45, 7) is 8.45. The highest BCUT2D eigenvalue weighted by Gasteiger charge is 2.24. The van der Waals surface area contributed by atoms with Crippen LogP contribution in [-0.2, 0) is 10.0 Å².